The molecule has 0 fully saturated rings. The van der Waals surface area contributed by atoms with E-state index in [1.165, 1.54) is 7.11 Å². The summed E-state index contributed by atoms with van der Waals surface area (Å²) in [5.74, 6) is -0.186. The zero-order chi connectivity index (χ0) is 26.2. The Labute approximate surface area is 219 Å². The molecular weight excluding hydrogens is 588 g/mol. The zero-order valence-electron chi connectivity index (χ0n) is 19.8. The first kappa shape index (κ1) is 26.0. The molecule has 0 spiro atoms. The number of amides is 1. The van der Waals surface area contributed by atoms with Crippen molar-refractivity contribution >= 4 is 40.3 Å². The third-order valence-electron chi connectivity index (χ3n) is 6.05. The number of benzene rings is 2. The Bertz CT molecular complexity index is 1310. The van der Waals surface area contributed by atoms with Crippen LogP contribution in [0.15, 0.2) is 42.5 Å². The van der Waals surface area contributed by atoms with E-state index in [0.29, 0.717) is 44.9 Å². The van der Waals surface area contributed by atoms with Crippen LogP contribution in [0.4, 0.5) is 19.0 Å². The smallest absolute Gasteiger partial charge is 0.416 e. The molecule has 4 rings (SSSR count). The number of ether oxygens (including phenoxy) is 1. The van der Waals surface area contributed by atoms with Gasteiger partial charge in [0.2, 0.25) is 0 Å². The highest BCUT2D eigenvalue weighted by Crippen LogP contribution is 2.34. The number of rotatable bonds is 6. The van der Waals surface area contributed by atoms with Crippen LogP contribution in [-0.4, -0.2) is 35.3 Å². The minimum atomic E-state index is -4.43. The van der Waals surface area contributed by atoms with Crippen LogP contribution >= 0.6 is 22.6 Å². The predicted molar refractivity (Wildman–Crippen MR) is 136 cm³/mol. The van der Waals surface area contributed by atoms with Crippen LogP contribution in [0, 0.1) is 10.5 Å². The summed E-state index contributed by atoms with van der Waals surface area (Å²) in [7, 11) is 1.31. The highest BCUT2D eigenvalue weighted by Gasteiger charge is 2.33. The van der Waals surface area contributed by atoms with Gasteiger partial charge in [-0.1, -0.05) is 12.1 Å². The first-order valence-electron chi connectivity index (χ1n) is 11.2. The molecule has 1 aliphatic heterocycles. The Morgan fingerprint density at radius 2 is 1.86 bits per heavy atom. The van der Waals surface area contributed by atoms with Gasteiger partial charge in [0.25, 0.3) is 5.91 Å². The number of aromatic nitrogens is 2. The van der Waals surface area contributed by atoms with Crippen LogP contribution in [0.1, 0.15) is 56.1 Å². The number of methoxy groups -OCH3 is 1. The molecule has 1 amide bonds. The van der Waals surface area contributed by atoms with Crippen molar-refractivity contribution in [1.29, 1.82) is 0 Å². The van der Waals surface area contributed by atoms with E-state index < -0.39 is 17.7 Å². The van der Waals surface area contributed by atoms with Gasteiger partial charge in [-0.2, -0.15) is 18.3 Å². The number of aryl methyl sites for hydroxylation is 1. The summed E-state index contributed by atoms with van der Waals surface area (Å²) in [6.07, 6.45) is -4.43. The van der Waals surface area contributed by atoms with Crippen LogP contribution in [-0.2, 0) is 24.0 Å². The average Bonchev–Trinajstić information content (AvgIpc) is 3.35. The van der Waals surface area contributed by atoms with Gasteiger partial charge in [0.1, 0.15) is 11.4 Å². The molecular formula is C25H24F3IN4O3. The number of esters is 1. The second-order valence-electron chi connectivity index (χ2n) is 8.58. The van der Waals surface area contributed by atoms with Gasteiger partial charge in [-0.05, 0) is 77.9 Å². The third kappa shape index (κ3) is 5.35. The fraction of sp³-hybridized carbons (Fsp3) is 0.320. The number of fused-ring (bicyclic) bond motifs is 1. The summed E-state index contributed by atoms with van der Waals surface area (Å²) in [5.41, 5.74) is 1.95. The second-order valence-corrected chi connectivity index (χ2v) is 9.83. The molecule has 0 unspecified atom stereocenters. The molecule has 1 aromatic heterocycles. The Kier molecular flexibility index (Phi) is 7.30. The van der Waals surface area contributed by atoms with Crippen LogP contribution in [0.5, 0.6) is 0 Å². The Balaban J connectivity index is 1.55. The molecule has 1 aliphatic rings. The van der Waals surface area contributed by atoms with Crippen molar-refractivity contribution in [3.63, 3.8) is 0 Å². The highest BCUT2D eigenvalue weighted by molar-refractivity contribution is 14.1. The molecule has 2 aromatic carbocycles. The van der Waals surface area contributed by atoms with Crippen molar-refractivity contribution in [2.24, 2.45) is 0 Å². The van der Waals surface area contributed by atoms with Gasteiger partial charge in [-0.15, -0.1) is 0 Å². The summed E-state index contributed by atoms with van der Waals surface area (Å²) in [4.78, 5) is 26.9. The van der Waals surface area contributed by atoms with Crippen LogP contribution < -0.4 is 10.2 Å². The van der Waals surface area contributed by atoms with Crippen LogP contribution in [0.25, 0.3) is 0 Å². The maximum Gasteiger partial charge on any atom is 0.416 e. The summed E-state index contributed by atoms with van der Waals surface area (Å²) in [5, 5.41) is 7.45. The van der Waals surface area contributed by atoms with Gasteiger partial charge in [-0.25, -0.2) is 9.48 Å². The largest absolute Gasteiger partial charge is 0.465 e. The molecule has 0 aliphatic carbocycles. The topological polar surface area (TPSA) is 76.5 Å². The van der Waals surface area contributed by atoms with Crippen LogP contribution in [0.2, 0.25) is 0 Å². The molecule has 0 bridgehead atoms. The molecule has 0 radical (unpaired) electrons. The fourth-order valence-corrected chi connectivity index (χ4v) is 5.03. The first-order valence-corrected chi connectivity index (χ1v) is 12.2. The molecule has 3 aromatic rings. The lowest BCUT2D eigenvalue weighted by atomic mass is 10.1. The molecule has 2 heterocycles. The molecule has 190 valence electrons. The lowest BCUT2D eigenvalue weighted by Gasteiger charge is -2.21. The van der Waals surface area contributed by atoms with E-state index in [9.17, 15) is 22.8 Å². The normalized spacial score (nSPS) is 13.9. The number of nitrogens with one attached hydrogen (secondary N) is 1. The van der Waals surface area contributed by atoms with Crippen LogP contribution in [0.3, 0.4) is 0 Å². The summed E-state index contributed by atoms with van der Waals surface area (Å²) < 4.78 is 46.8. The van der Waals surface area contributed by atoms with Gasteiger partial charge in [-0.3, -0.25) is 4.79 Å². The first-order chi connectivity index (χ1) is 17.0. The van der Waals surface area contributed by atoms with Crippen molar-refractivity contribution in [3.8, 4) is 0 Å². The molecule has 7 nitrogen and oxygen atoms in total. The summed E-state index contributed by atoms with van der Waals surface area (Å²) in [6.45, 7) is 4.84. The highest BCUT2D eigenvalue weighted by atomic mass is 127. The van der Waals surface area contributed by atoms with E-state index in [-0.39, 0.29) is 18.5 Å². The number of halogens is 4. The van der Waals surface area contributed by atoms with E-state index >= 15 is 0 Å². The number of hydrogen-bond donors (Lipinski definition) is 1. The number of alkyl halides is 3. The fourth-order valence-electron chi connectivity index (χ4n) is 4.29. The monoisotopic (exact) mass is 612 g/mol. The SMILES string of the molecule is COC(=O)c1ccc([C@H](C)NC(=O)c2c(C)nn3c2N(Cc2cc(I)cc(C(F)(F)F)c2)CC3)cc1. The maximum absolute atomic E-state index is 13.3. The Morgan fingerprint density at radius 3 is 2.50 bits per heavy atom. The quantitative estimate of drug-likeness (QED) is 0.310. The molecule has 0 saturated carbocycles. The second kappa shape index (κ2) is 10.1. The average molecular weight is 612 g/mol. The van der Waals surface area contributed by atoms with E-state index in [4.69, 9.17) is 4.74 Å². The number of anilines is 1. The van der Waals surface area contributed by atoms with Gasteiger partial charge >= 0.3 is 12.1 Å². The van der Waals surface area contributed by atoms with Gasteiger partial charge < -0.3 is 15.0 Å². The number of carbonyl (C=O) groups is 2. The Morgan fingerprint density at radius 1 is 1.17 bits per heavy atom. The van der Waals surface area contributed by atoms with Gasteiger partial charge in [0, 0.05) is 16.7 Å². The number of hydrogen-bond acceptors (Lipinski definition) is 5. The lowest BCUT2D eigenvalue weighted by Crippen LogP contribution is -2.29. The Hall–Kier alpha value is -3.09. The van der Waals surface area contributed by atoms with Crippen molar-refractivity contribution < 1.29 is 27.5 Å². The third-order valence-corrected chi connectivity index (χ3v) is 6.67. The van der Waals surface area contributed by atoms with E-state index in [2.05, 4.69) is 10.4 Å². The van der Waals surface area contributed by atoms with E-state index in [0.717, 1.165) is 17.7 Å². The van der Waals surface area contributed by atoms with E-state index in [1.54, 1.807) is 41.9 Å². The molecule has 11 heteroatoms. The molecule has 1 atom stereocenters. The predicted octanol–water partition coefficient (Wildman–Crippen LogP) is 5.11. The van der Waals surface area contributed by atoms with Gasteiger partial charge in [0.15, 0.2) is 0 Å². The number of carbonyl (C=O) groups excluding carboxylic acids is 2. The maximum atomic E-state index is 13.3. The molecule has 0 saturated heterocycles. The van der Waals surface area contributed by atoms with Crippen molar-refractivity contribution in [3.05, 3.63) is 79.5 Å². The van der Waals surface area contributed by atoms with Crippen molar-refractivity contribution in [1.82, 2.24) is 15.1 Å². The minimum absolute atomic E-state index is 0.218. The molecule has 1 N–H and O–H groups in total. The lowest BCUT2D eigenvalue weighted by molar-refractivity contribution is -0.137. The van der Waals surface area contributed by atoms with Crippen molar-refractivity contribution in [2.75, 3.05) is 18.6 Å². The zero-order valence-corrected chi connectivity index (χ0v) is 22.0. The van der Waals surface area contributed by atoms with Gasteiger partial charge in [0.05, 0.1) is 36.5 Å². The number of nitrogens with zero attached hydrogens (tertiary/aromatic N) is 3. The summed E-state index contributed by atoms with van der Waals surface area (Å²) in [6, 6.07) is 10.4. The molecule has 36 heavy (non-hydrogen) atoms. The van der Waals surface area contributed by atoms with Crippen molar-refractivity contribution in [2.45, 2.75) is 39.2 Å². The summed E-state index contributed by atoms with van der Waals surface area (Å²) >= 11 is 1.88. The van der Waals surface area contributed by atoms with E-state index in [1.807, 2.05) is 34.4 Å². The standard InChI is InChI=1S/C25H24F3IN4O3/c1-14(17-4-6-18(7-5-17)24(35)36-3)30-22(34)21-15(2)31-33-9-8-32(23(21)33)13-16-10-19(25(26,27)28)12-20(29)11-16/h4-7,10-12,14H,8-9,13H2,1-3H3,(H,30,34)/t14-/m0/s1. The minimum Gasteiger partial charge on any atom is -0.465 e.